The monoisotopic (exact) mass is 298 g/mol. The van der Waals surface area contributed by atoms with Crippen LogP contribution in [0.2, 0.25) is 0 Å². The summed E-state index contributed by atoms with van der Waals surface area (Å²) in [5.41, 5.74) is 1.38. The molecule has 0 fully saturated rings. The van der Waals surface area contributed by atoms with E-state index < -0.39 is 10.0 Å². The molecule has 0 spiro atoms. The lowest BCUT2D eigenvalue weighted by molar-refractivity contribution is 0.783. The van der Waals surface area contributed by atoms with Gasteiger partial charge in [0.1, 0.15) is 0 Å². The summed E-state index contributed by atoms with van der Waals surface area (Å²) in [6, 6.07) is 22.0. The van der Waals surface area contributed by atoms with E-state index in [0.717, 1.165) is 0 Å². The topological polar surface area (TPSA) is 0 Å². The summed E-state index contributed by atoms with van der Waals surface area (Å²) in [6.07, 6.45) is 0. The van der Waals surface area contributed by atoms with E-state index in [9.17, 15) is 0 Å². The summed E-state index contributed by atoms with van der Waals surface area (Å²) in [5, 5.41) is 2.51. The van der Waals surface area contributed by atoms with Gasteiger partial charge in [-0.1, -0.05) is 62.7 Å². The summed E-state index contributed by atoms with van der Waals surface area (Å²) in [4.78, 5) is 2.87. The van der Waals surface area contributed by atoms with Crippen molar-refractivity contribution in [3.63, 3.8) is 0 Å². The first-order chi connectivity index (χ1) is 9.88. The Hall–Kier alpha value is -1.47. The molecule has 0 amide bonds. The fraction of sp³-hybridized carbons (Fsp3) is 0.300. The Morgan fingerprint density at radius 1 is 0.762 bits per heavy atom. The molecule has 0 bridgehead atoms. The highest BCUT2D eigenvalue weighted by molar-refractivity contribution is 8.37. The summed E-state index contributed by atoms with van der Waals surface area (Å²) in [7, 11) is -1.23. The second kappa shape index (κ2) is 6.11. The Bertz CT molecular complexity index is 560. The SMILES string of the molecule is CC(C)=CS(c1ccccc1)(c1ccccc1)C(C)(C)C. The van der Waals surface area contributed by atoms with Crippen molar-refractivity contribution in [1.29, 1.82) is 0 Å². The van der Waals surface area contributed by atoms with Crippen LogP contribution >= 0.6 is 10.0 Å². The minimum absolute atomic E-state index is 0.160. The molecule has 2 rings (SSSR count). The smallest absolute Gasteiger partial charge is 0.00298 e. The molecule has 0 nitrogen and oxygen atoms in total. The first-order valence-corrected chi connectivity index (χ1v) is 9.15. The summed E-state index contributed by atoms with van der Waals surface area (Å²) in [6.45, 7) is 11.5. The van der Waals surface area contributed by atoms with Crippen molar-refractivity contribution < 1.29 is 0 Å². The zero-order chi connectivity index (χ0) is 15.5. The van der Waals surface area contributed by atoms with Gasteiger partial charge in [0.2, 0.25) is 0 Å². The number of rotatable bonds is 3. The van der Waals surface area contributed by atoms with Gasteiger partial charge in [-0.15, -0.1) is 0 Å². The highest BCUT2D eigenvalue weighted by atomic mass is 32.3. The Kier molecular flexibility index (Phi) is 4.63. The van der Waals surface area contributed by atoms with Gasteiger partial charge in [-0.2, -0.15) is 10.0 Å². The van der Waals surface area contributed by atoms with Gasteiger partial charge < -0.3 is 0 Å². The minimum atomic E-state index is -1.23. The van der Waals surface area contributed by atoms with Crippen LogP contribution in [0.1, 0.15) is 34.6 Å². The Morgan fingerprint density at radius 3 is 1.43 bits per heavy atom. The van der Waals surface area contributed by atoms with E-state index in [1.165, 1.54) is 15.4 Å². The average Bonchev–Trinajstić information content (AvgIpc) is 2.45. The van der Waals surface area contributed by atoms with Gasteiger partial charge in [-0.3, -0.25) is 0 Å². The third kappa shape index (κ3) is 3.08. The van der Waals surface area contributed by atoms with Crippen LogP contribution in [0.4, 0.5) is 0 Å². The Morgan fingerprint density at radius 2 is 1.14 bits per heavy atom. The number of hydrogen-bond acceptors (Lipinski definition) is 0. The molecule has 0 unspecified atom stereocenters. The van der Waals surface area contributed by atoms with E-state index >= 15 is 0 Å². The van der Waals surface area contributed by atoms with E-state index in [4.69, 9.17) is 0 Å². The predicted molar refractivity (Wildman–Crippen MR) is 96.2 cm³/mol. The van der Waals surface area contributed by atoms with Crippen molar-refractivity contribution in [2.45, 2.75) is 49.2 Å². The summed E-state index contributed by atoms with van der Waals surface area (Å²) < 4.78 is 0.160. The van der Waals surface area contributed by atoms with Gasteiger partial charge in [0.15, 0.2) is 0 Å². The molecule has 2 aromatic carbocycles. The predicted octanol–water partition coefficient (Wildman–Crippen LogP) is 6.63. The van der Waals surface area contributed by atoms with Crippen LogP contribution in [0.5, 0.6) is 0 Å². The summed E-state index contributed by atoms with van der Waals surface area (Å²) in [5.74, 6) is 0. The zero-order valence-electron chi connectivity index (χ0n) is 13.8. The van der Waals surface area contributed by atoms with Crippen molar-refractivity contribution in [3.8, 4) is 0 Å². The maximum absolute atomic E-state index is 2.51. The van der Waals surface area contributed by atoms with Crippen molar-refractivity contribution in [2.24, 2.45) is 0 Å². The summed E-state index contributed by atoms with van der Waals surface area (Å²) >= 11 is 0. The van der Waals surface area contributed by atoms with Gasteiger partial charge in [-0.25, -0.2) is 0 Å². The molecule has 0 atom stereocenters. The second-order valence-electron chi connectivity index (χ2n) is 6.59. The normalized spacial score (nSPS) is 12.8. The molecule has 0 aromatic heterocycles. The molecule has 2 aromatic rings. The third-order valence-corrected chi connectivity index (χ3v) is 8.40. The lowest BCUT2D eigenvalue weighted by atomic mass is 10.3. The zero-order valence-corrected chi connectivity index (χ0v) is 14.6. The van der Waals surface area contributed by atoms with Gasteiger partial charge in [0, 0.05) is 4.75 Å². The molecule has 21 heavy (non-hydrogen) atoms. The highest BCUT2D eigenvalue weighted by Crippen LogP contribution is 2.71. The van der Waals surface area contributed by atoms with Crippen molar-refractivity contribution in [1.82, 2.24) is 0 Å². The molecule has 0 heterocycles. The Labute approximate surface area is 131 Å². The number of benzene rings is 2. The number of hydrogen-bond donors (Lipinski definition) is 0. The van der Waals surface area contributed by atoms with Crippen LogP contribution < -0.4 is 0 Å². The Balaban J connectivity index is 2.82. The first kappa shape index (κ1) is 15.9. The second-order valence-corrected chi connectivity index (χ2v) is 10.3. The fourth-order valence-corrected chi connectivity index (χ4v) is 6.97. The molecule has 0 N–H and O–H groups in total. The lowest BCUT2D eigenvalue weighted by Crippen LogP contribution is -2.24. The van der Waals surface area contributed by atoms with Crippen LogP contribution in [0.3, 0.4) is 0 Å². The third-order valence-electron chi connectivity index (χ3n) is 3.61. The molecule has 0 saturated carbocycles. The lowest BCUT2D eigenvalue weighted by Gasteiger charge is -2.49. The van der Waals surface area contributed by atoms with Crippen molar-refractivity contribution in [2.75, 3.05) is 0 Å². The largest absolute Gasteiger partial charge is 0.162 e. The maximum atomic E-state index is 2.51. The molecular formula is C20H26S. The average molecular weight is 298 g/mol. The van der Waals surface area contributed by atoms with Crippen LogP contribution in [-0.2, 0) is 0 Å². The molecule has 0 saturated heterocycles. The quantitative estimate of drug-likeness (QED) is 0.596. The van der Waals surface area contributed by atoms with Crippen LogP contribution in [0.15, 0.2) is 81.4 Å². The molecule has 112 valence electrons. The molecule has 0 aliphatic heterocycles. The van der Waals surface area contributed by atoms with Crippen LogP contribution in [0, 0.1) is 0 Å². The van der Waals surface area contributed by atoms with Crippen molar-refractivity contribution in [3.05, 3.63) is 71.6 Å². The maximum Gasteiger partial charge on any atom is 0.00298 e. The standard InChI is InChI=1S/C20H26S/c1-17(2)16-21(20(3,4)5,18-12-8-6-9-13-18)19-14-10-7-11-15-19/h6-16H,1-5H3. The highest BCUT2D eigenvalue weighted by Gasteiger charge is 2.38. The van der Waals surface area contributed by atoms with E-state index in [0.29, 0.717) is 0 Å². The van der Waals surface area contributed by atoms with Gasteiger partial charge in [0.05, 0.1) is 0 Å². The minimum Gasteiger partial charge on any atom is -0.162 e. The van der Waals surface area contributed by atoms with Crippen molar-refractivity contribution >= 4 is 10.0 Å². The molecule has 0 aliphatic carbocycles. The fourth-order valence-electron chi connectivity index (χ4n) is 2.78. The van der Waals surface area contributed by atoms with Gasteiger partial charge >= 0.3 is 0 Å². The first-order valence-electron chi connectivity index (χ1n) is 7.46. The van der Waals surface area contributed by atoms with Crippen LogP contribution in [0.25, 0.3) is 0 Å². The molecule has 1 heteroatoms. The van der Waals surface area contributed by atoms with Gasteiger partial charge in [0.25, 0.3) is 0 Å². The van der Waals surface area contributed by atoms with Gasteiger partial charge in [-0.05, 0) is 53.3 Å². The van der Waals surface area contributed by atoms with E-state index in [1.807, 2.05) is 0 Å². The van der Waals surface area contributed by atoms with E-state index in [1.54, 1.807) is 0 Å². The molecular weight excluding hydrogens is 272 g/mol. The van der Waals surface area contributed by atoms with Crippen LogP contribution in [-0.4, -0.2) is 4.75 Å². The van der Waals surface area contributed by atoms with E-state index in [2.05, 4.69) is 101 Å². The molecule has 0 radical (unpaired) electrons. The molecule has 0 aliphatic rings. The number of allylic oxidation sites excluding steroid dienone is 1. The van der Waals surface area contributed by atoms with E-state index in [-0.39, 0.29) is 4.75 Å².